The smallest absolute Gasteiger partial charge is 0.251 e. The van der Waals surface area contributed by atoms with E-state index in [4.69, 9.17) is 5.11 Å². The summed E-state index contributed by atoms with van der Waals surface area (Å²) < 4.78 is 0. The van der Waals surface area contributed by atoms with Gasteiger partial charge in [0, 0.05) is 5.56 Å². The van der Waals surface area contributed by atoms with Crippen molar-refractivity contribution in [3.8, 4) is 0 Å². The molecule has 0 aromatic heterocycles. The normalized spacial score (nSPS) is 11.6. The molecule has 0 radical (unpaired) electrons. The molecule has 94 valence electrons. The molecule has 3 nitrogen and oxygen atoms in total. The molecule has 0 spiro atoms. The van der Waals surface area contributed by atoms with Gasteiger partial charge in [-0.2, -0.15) is 0 Å². The van der Waals surface area contributed by atoms with Crippen LogP contribution in [0.1, 0.15) is 49.5 Å². The average molecular weight is 235 g/mol. The van der Waals surface area contributed by atoms with Crippen molar-refractivity contribution in [1.29, 1.82) is 0 Å². The molecule has 0 aliphatic carbocycles. The molecule has 3 heteroatoms. The summed E-state index contributed by atoms with van der Waals surface area (Å²) in [5, 5.41) is 11.9. The number of amides is 1. The van der Waals surface area contributed by atoms with Gasteiger partial charge in [0.1, 0.15) is 0 Å². The van der Waals surface area contributed by atoms with Crippen molar-refractivity contribution in [2.45, 2.75) is 39.2 Å². The van der Waals surface area contributed by atoms with E-state index in [2.05, 4.69) is 19.2 Å². The fraction of sp³-hybridized carbons (Fsp3) is 0.500. The molecule has 2 N–H and O–H groups in total. The third-order valence-corrected chi connectivity index (χ3v) is 2.69. The van der Waals surface area contributed by atoms with Crippen LogP contribution in [-0.4, -0.2) is 23.2 Å². The monoisotopic (exact) mass is 235 g/mol. The minimum Gasteiger partial charge on any atom is -0.394 e. The molecule has 1 aromatic rings. The lowest BCUT2D eigenvalue weighted by Gasteiger charge is -2.23. The topological polar surface area (TPSA) is 49.3 Å². The highest BCUT2D eigenvalue weighted by atomic mass is 16.3. The lowest BCUT2D eigenvalue weighted by atomic mass is 10.0. The zero-order chi connectivity index (χ0) is 13.1. The number of aliphatic hydroxyl groups excluding tert-OH is 1. The van der Waals surface area contributed by atoms with Crippen LogP contribution in [0.3, 0.4) is 0 Å². The molecule has 0 aliphatic rings. The molecule has 0 bridgehead atoms. The maximum atomic E-state index is 11.9. The molecular formula is C14H21NO2. The Morgan fingerprint density at radius 2 is 1.82 bits per heavy atom. The Morgan fingerprint density at radius 3 is 2.24 bits per heavy atom. The first-order valence-electron chi connectivity index (χ1n) is 5.89. The minimum atomic E-state index is -0.589. The van der Waals surface area contributed by atoms with Gasteiger partial charge < -0.3 is 10.4 Å². The van der Waals surface area contributed by atoms with Gasteiger partial charge in [-0.3, -0.25) is 4.79 Å². The van der Waals surface area contributed by atoms with Crippen LogP contribution in [0.2, 0.25) is 0 Å². The molecule has 0 heterocycles. The van der Waals surface area contributed by atoms with E-state index in [0.29, 0.717) is 11.5 Å². The van der Waals surface area contributed by atoms with Gasteiger partial charge in [-0.1, -0.05) is 26.0 Å². The van der Waals surface area contributed by atoms with E-state index in [1.54, 1.807) is 13.8 Å². The standard InChI is InChI=1S/C14H21NO2/c1-10(2)11-5-7-12(8-6-11)13(17)15-14(3,4)9-16/h5-8,10,16H,9H2,1-4H3,(H,15,17). The van der Waals surface area contributed by atoms with E-state index in [1.807, 2.05) is 24.3 Å². The van der Waals surface area contributed by atoms with Gasteiger partial charge in [-0.15, -0.1) is 0 Å². The Hall–Kier alpha value is -1.35. The summed E-state index contributed by atoms with van der Waals surface area (Å²) in [6, 6.07) is 7.56. The number of nitrogens with one attached hydrogen (secondary N) is 1. The van der Waals surface area contributed by atoms with E-state index >= 15 is 0 Å². The molecule has 0 saturated carbocycles. The second kappa shape index (κ2) is 5.32. The van der Waals surface area contributed by atoms with Gasteiger partial charge in [-0.05, 0) is 37.5 Å². The zero-order valence-corrected chi connectivity index (χ0v) is 10.9. The van der Waals surface area contributed by atoms with Gasteiger partial charge in [-0.25, -0.2) is 0 Å². The van der Waals surface area contributed by atoms with E-state index < -0.39 is 5.54 Å². The van der Waals surface area contributed by atoms with Gasteiger partial charge in [0.05, 0.1) is 12.1 Å². The second-order valence-electron chi connectivity index (χ2n) is 5.27. The van der Waals surface area contributed by atoms with Gasteiger partial charge in [0.25, 0.3) is 5.91 Å². The summed E-state index contributed by atoms with van der Waals surface area (Å²) >= 11 is 0. The Morgan fingerprint density at radius 1 is 1.29 bits per heavy atom. The van der Waals surface area contributed by atoms with Gasteiger partial charge in [0.15, 0.2) is 0 Å². The van der Waals surface area contributed by atoms with Crippen LogP contribution >= 0.6 is 0 Å². The number of carbonyl (C=O) groups excluding carboxylic acids is 1. The zero-order valence-electron chi connectivity index (χ0n) is 10.9. The Balaban J connectivity index is 2.77. The van der Waals surface area contributed by atoms with Gasteiger partial charge >= 0.3 is 0 Å². The second-order valence-corrected chi connectivity index (χ2v) is 5.27. The number of benzene rings is 1. The first kappa shape index (κ1) is 13.7. The van der Waals surface area contributed by atoms with Gasteiger partial charge in [0.2, 0.25) is 0 Å². The highest BCUT2D eigenvalue weighted by molar-refractivity contribution is 5.94. The Labute approximate surface area is 103 Å². The molecule has 0 aliphatic heterocycles. The maximum absolute atomic E-state index is 11.9. The third kappa shape index (κ3) is 3.86. The molecule has 0 atom stereocenters. The lowest BCUT2D eigenvalue weighted by molar-refractivity contribution is 0.0869. The Kier molecular flexibility index (Phi) is 4.29. The van der Waals surface area contributed by atoms with Crippen molar-refractivity contribution in [1.82, 2.24) is 5.32 Å². The molecule has 17 heavy (non-hydrogen) atoms. The van der Waals surface area contributed by atoms with Crippen LogP contribution in [0.15, 0.2) is 24.3 Å². The quantitative estimate of drug-likeness (QED) is 0.841. The number of aliphatic hydroxyl groups is 1. The van der Waals surface area contributed by atoms with Crippen LogP contribution in [0.4, 0.5) is 0 Å². The summed E-state index contributed by atoms with van der Waals surface area (Å²) in [5.74, 6) is 0.306. The first-order chi connectivity index (χ1) is 7.85. The number of hydrogen-bond donors (Lipinski definition) is 2. The highest BCUT2D eigenvalue weighted by Gasteiger charge is 2.19. The lowest BCUT2D eigenvalue weighted by Crippen LogP contribution is -2.46. The average Bonchev–Trinajstić information content (AvgIpc) is 2.28. The predicted octanol–water partition coefficient (Wildman–Crippen LogP) is 2.31. The van der Waals surface area contributed by atoms with Crippen molar-refractivity contribution < 1.29 is 9.90 Å². The number of rotatable bonds is 4. The van der Waals surface area contributed by atoms with Crippen molar-refractivity contribution in [2.75, 3.05) is 6.61 Å². The number of hydrogen-bond acceptors (Lipinski definition) is 2. The van der Waals surface area contributed by atoms with Crippen molar-refractivity contribution in [2.24, 2.45) is 0 Å². The Bertz CT molecular complexity index is 380. The SMILES string of the molecule is CC(C)c1ccc(C(=O)NC(C)(C)CO)cc1. The van der Waals surface area contributed by atoms with E-state index in [0.717, 1.165) is 0 Å². The maximum Gasteiger partial charge on any atom is 0.251 e. The van der Waals surface area contributed by atoms with Crippen LogP contribution < -0.4 is 5.32 Å². The van der Waals surface area contributed by atoms with Crippen LogP contribution in [0, 0.1) is 0 Å². The molecule has 1 aromatic carbocycles. The highest BCUT2D eigenvalue weighted by Crippen LogP contribution is 2.15. The summed E-state index contributed by atoms with van der Waals surface area (Å²) in [4.78, 5) is 11.9. The van der Waals surface area contributed by atoms with E-state index in [1.165, 1.54) is 5.56 Å². The predicted molar refractivity (Wildman–Crippen MR) is 69.2 cm³/mol. The summed E-state index contributed by atoms with van der Waals surface area (Å²) in [5.41, 5.74) is 1.24. The van der Waals surface area contributed by atoms with Crippen molar-refractivity contribution in [3.63, 3.8) is 0 Å². The minimum absolute atomic E-state index is 0.0805. The van der Waals surface area contributed by atoms with Crippen LogP contribution in [0.25, 0.3) is 0 Å². The third-order valence-electron chi connectivity index (χ3n) is 2.69. The summed E-state index contributed by atoms with van der Waals surface area (Å²) in [7, 11) is 0. The van der Waals surface area contributed by atoms with Crippen LogP contribution in [-0.2, 0) is 0 Å². The molecule has 0 unspecified atom stereocenters. The molecule has 0 fully saturated rings. The van der Waals surface area contributed by atoms with Crippen molar-refractivity contribution >= 4 is 5.91 Å². The first-order valence-corrected chi connectivity index (χ1v) is 5.89. The fourth-order valence-corrected chi connectivity index (χ4v) is 1.44. The van der Waals surface area contributed by atoms with Crippen LogP contribution in [0.5, 0.6) is 0 Å². The largest absolute Gasteiger partial charge is 0.394 e. The summed E-state index contributed by atoms with van der Waals surface area (Å²) in [6.45, 7) is 7.72. The summed E-state index contributed by atoms with van der Waals surface area (Å²) in [6.07, 6.45) is 0. The molecule has 1 rings (SSSR count). The van der Waals surface area contributed by atoms with E-state index in [-0.39, 0.29) is 12.5 Å². The fourth-order valence-electron chi connectivity index (χ4n) is 1.44. The van der Waals surface area contributed by atoms with E-state index in [9.17, 15) is 4.79 Å². The number of carbonyl (C=O) groups is 1. The molecule has 1 amide bonds. The molecular weight excluding hydrogens is 214 g/mol. The molecule has 0 saturated heterocycles. The van der Waals surface area contributed by atoms with Crippen molar-refractivity contribution in [3.05, 3.63) is 35.4 Å².